The molecule has 4 rings (SSSR count). The third-order valence-corrected chi connectivity index (χ3v) is 6.57. The molecule has 0 aliphatic rings. The monoisotopic (exact) mass is 484 g/mol. The van der Waals surface area contributed by atoms with Crippen LogP contribution in [0.5, 0.6) is 0 Å². The molecule has 0 saturated carbocycles. The molecule has 0 heterocycles. The van der Waals surface area contributed by atoms with Gasteiger partial charge in [-0.1, -0.05) is 92.9 Å². The van der Waals surface area contributed by atoms with E-state index in [1.54, 1.807) is 0 Å². The maximum Gasteiger partial charge on any atom is 0.326 e. The van der Waals surface area contributed by atoms with E-state index in [2.05, 4.69) is 36.5 Å². The van der Waals surface area contributed by atoms with E-state index in [1.807, 2.05) is 53.4 Å². The first-order chi connectivity index (χ1) is 17.5. The number of rotatable bonds is 13. The number of nitrogens with one attached hydrogen (secondary N) is 1. The summed E-state index contributed by atoms with van der Waals surface area (Å²) in [6.07, 6.45) is 4.30. The van der Waals surface area contributed by atoms with Gasteiger partial charge in [-0.2, -0.15) is 0 Å². The van der Waals surface area contributed by atoms with E-state index in [4.69, 9.17) is 0 Å². The quantitative estimate of drug-likeness (QED) is 0.202. The van der Waals surface area contributed by atoms with Gasteiger partial charge in [0.25, 0.3) is 10.9 Å². The number of unbranched alkanes of at least 4 members (excludes halogenated alkanes) is 3. The molecule has 0 spiro atoms. The fourth-order valence-electron chi connectivity index (χ4n) is 4.60. The Hall–Kier alpha value is -3.93. The molecule has 186 valence electrons. The molecule has 0 aliphatic heterocycles. The van der Waals surface area contributed by atoms with Gasteiger partial charge in [0, 0.05) is 19.5 Å². The number of fused-ring (bicyclic) bond motifs is 1. The van der Waals surface area contributed by atoms with Crippen molar-refractivity contribution in [1.82, 2.24) is 0 Å². The van der Waals surface area contributed by atoms with E-state index in [-0.39, 0.29) is 12.1 Å². The van der Waals surface area contributed by atoms with Gasteiger partial charge in [0.15, 0.2) is 0 Å². The molecule has 2 N–H and O–H groups in total. The predicted octanol–water partition coefficient (Wildman–Crippen LogP) is 5.13. The first kappa shape index (κ1) is 25.2. The number of carboxylic acids is 1. The molecule has 0 bridgehead atoms. The zero-order valence-corrected chi connectivity index (χ0v) is 20.6. The molecular weight excluding hydrogens is 452 g/mol. The van der Waals surface area contributed by atoms with Crippen molar-refractivity contribution in [2.75, 3.05) is 16.8 Å². The zero-order valence-electron chi connectivity index (χ0n) is 20.6. The van der Waals surface area contributed by atoms with Gasteiger partial charge in [-0.25, -0.2) is 4.79 Å². The SMILES string of the molecule is CCCCCCN(Cc1ccc2ccccc2c1)c1c(N[C@@H](Cc2ccccc2)C(=O)O)c(=O)c1=O. The highest BCUT2D eigenvalue weighted by Gasteiger charge is 2.30. The van der Waals surface area contributed by atoms with Crippen LogP contribution in [-0.2, 0) is 17.8 Å². The summed E-state index contributed by atoms with van der Waals surface area (Å²) < 4.78 is 0. The smallest absolute Gasteiger partial charge is 0.326 e. The van der Waals surface area contributed by atoms with Gasteiger partial charge >= 0.3 is 5.97 Å². The number of anilines is 2. The average molecular weight is 485 g/mol. The minimum atomic E-state index is -1.07. The number of carboxylic acid groups (broad SMARTS) is 1. The van der Waals surface area contributed by atoms with Crippen LogP contribution >= 0.6 is 0 Å². The fourth-order valence-corrected chi connectivity index (χ4v) is 4.60. The number of hydrogen-bond acceptors (Lipinski definition) is 5. The van der Waals surface area contributed by atoms with Crippen LogP contribution in [0, 0.1) is 0 Å². The Balaban J connectivity index is 1.61. The number of hydrogen-bond donors (Lipinski definition) is 2. The maximum absolute atomic E-state index is 12.8. The Labute approximate surface area is 210 Å². The van der Waals surface area contributed by atoms with Crippen LogP contribution in [0.2, 0.25) is 0 Å². The molecule has 4 aromatic carbocycles. The molecule has 0 aromatic heterocycles. The van der Waals surface area contributed by atoms with E-state index in [0.717, 1.165) is 47.6 Å². The fraction of sp³-hybridized carbons (Fsp3) is 0.300. The highest BCUT2D eigenvalue weighted by Crippen LogP contribution is 2.26. The molecule has 6 heteroatoms. The van der Waals surface area contributed by atoms with Gasteiger partial charge in [-0.15, -0.1) is 0 Å². The minimum Gasteiger partial charge on any atom is -0.480 e. The summed E-state index contributed by atoms with van der Waals surface area (Å²) >= 11 is 0. The second-order valence-corrected chi connectivity index (χ2v) is 9.27. The number of carbonyl (C=O) groups is 1. The highest BCUT2D eigenvalue weighted by molar-refractivity contribution is 5.84. The van der Waals surface area contributed by atoms with Crippen molar-refractivity contribution in [3.05, 3.63) is 104 Å². The van der Waals surface area contributed by atoms with Crippen LogP contribution in [0.15, 0.2) is 82.4 Å². The number of nitrogens with zero attached hydrogens (tertiary/aromatic N) is 1. The largest absolute Gasteiger partial charge is 0.480 e. The maximum atomic E-state index is 12.8. The Morgan fingerprint density at radius 3 is 2.31 bits per heavy atom. The Kier molecular flexibility index (Phi) is 8.16. The number of benzene rings is 3. The van der Waals surface area contributed by atoms with Crippen molar-refractivity contribution in [3.8, 4) is 0 Å². The molecule has 36 heavy (non-hydrogen) atoms. The van der Waals surface area contributed by atoms with Crippen molar-refractivity contribution in [3.63, 3.8) is 0 Å². The van der Waals surface area contributed by atoms with Crippen molar-refractivity contribution >= 4 is 28.1 Å². The van der Waals surface area contributed by atoms with Crippen LogP contribution in [-0.4, -0.2) is 23.7 Å². The zero-order chi connectivity index (χ0) is 25.5. The van der Waals surface area contributed by atoms with Crippen LogP contribution in [0.25, 0.3) is 10.8 Å². The van der Waals surface area contributed by atoms with E-state index in [0.29, 0.717) is 18.8 Å². The lowest BCUT2D eigenvalue weighted by atomic mass is 10.0. The van der Waals surface area contributed by atoms with Crippen LogP contribution < -0.4 is 21.1 Å². The first-order valence-corrected chi connectivity index (χ1v) is 12.6. The second-order valence-electron chi connectivity index (χ2n) is 9.27. The predicted molar refractivity (Wildman–Crippen MR) is 146 cm³/mol. The van der Waals surface area contributed by atoms with E-state index in [1.165, 1.54) is 0 Å². The van der Waals surface area contributed by atoms with Crippen LogP contribution in [0.4, 0.5) is 11.4 Å². The molecule has 0 fully saturated rings. The third kappa shape index (κ3) is 5.82. The van der Waals surface area contributed by atoms with Crippen LogP contribution in [0.1, 0.15) is 43.7 Å². The van der Waals surface area contributed by atoms with E-state index >= 15 is 0 Å². The van der Waals surface area contributed by atoms with Crippen molar-refractivity contribution in [2.24, 2.45) is 0 Å². The minimum absolute atomic E-state index is 0.111. The van der Waals surface area contributed by atoms with Crippen molar-refractivity contribution in [2.45, 2.75) is 51.6 Å². The summed E-state index contributed by atoms with van der Waals surface area (Å²) in [4.78, 5) is 39.3. The molecule has 0 radical (unpaired) electrons. The summed E-state index contributed by atoms with van der Waals surface area (Å²) in [5, 5.41) is 15.0. The summed E-state index contributed by atoms with van der Waals surface area (Å²) in [5.41, 5.74) is 1.06. The normalized spacial score (nSPS) is 12.0. The average Bonchev–Trinajstić information content (AvgIpc) is 2.90. The topological polar surface area (TPSA) is 86.7 Å². The van der Waals surface area contributed by atoms with Crippen LogP contribution in [0.3, 0.4) is 0 Å². The van der Waals surface area contributed by atoms with Gasteiger partial charge in [0.2, 0.25) is 0 Å². The number of aliphatic carboxylic acids is 1. The lowest BCUT2D eigenvalue weighted by Gasteiger charge is -2.29. The van der Waals surface area contributed by atoms with E-state index < -0.39 is 22.9 Å². The molecule has 6 nitrogen and oxygen atoms in total. The molecule has 0 amide bonds. The highest BCUT2D eigenvalue weighted by atomic mass is 16.4. The van der Waals surface area contributed by atoms with Crippen molar-refractivity contribution in [1.29, 1.82) is 0 Å². The van der Waals surface area contributed by atoms with Crippen molar-refractivity contribution < 1.29 is 9.90 Å². The standard InChI is InChI=1S/C30H32N2O4/c1-2-3-4-10-17-32(20-22-15-16-23-13-8-9-14-24(23)18-22)27-26(28(33)29(27)34)31-25(30(35)36)19-21-11-6-5-7-12-21/h5-9,11-16,18,25,31H,2-4,10,17,19-20H2,1H3,(H,35,36)/t25-/m0/s1. The summed E-state index contributed by atoms with van der Waals surface area (Å²) in [7, 11) is 0. The molecule has 1 atom stereocenters. The summed E-state index contributed by atoms with van der Waals surface area (Å²) in [6.45, 7) is 3.22. The molecule has 0 unspecified atom stereocenters. The Bertz CT molecular complexity index is 1390. The molecule has 4 aromatic rings. The lowest BCUT2D eigenvalue weighted by Crippen LogP contribution is -2.45. The lowest BCUT2D eigenvalue weighted by molar-refractivity contribution is -0.137. The Morgan fingerprint density at radius 1 is 0.861 bits per heavy atom. The molecule has 0 saturated heterocycles. The second kappa shape index (κ2) is 11.7. The Morgan fingerprint density at radius 2 is 1.58 bits per heavy atom. The summed E-state index contributed by atoms with van der Waals surface area (Å²) in [5.74, 6) is -1.07. The molecule has 0 aliphatic carbocycles. The van der Waals surface area contributed by atoms with Gasteiger partial charge in [0.05, 0.1) is 0 Å². The van der Waals surface area contributed by atoms with Gasteiger partial charge in [-0.05, 0) is 34.4 Å². The third-order valence-electron chi connectivity index (χ3n) is 6.57. The van der Waals surface area contributed by atoms with E-state index in [9.17, 15) is 19.5 Å². The van der Waals surface area contributed by atoms with Gasteiger partial charge in [-0.3, -0.25) is 9.59 Å². The first-order valence-electron chi connectivity index (χ1n) is 12.6. The molecular formula is C30H32N2O4. The van der Waals surface area contributed by atoms with Gasteiger partial charge in [0.1, 0.15) is 17.4 Å². The van der Waals surface area contributed by atoms with Gasteiger partial charge < -0.3 is 15.3 Å². The summed E-state index contributed by atoms with van der Waals surface area (Å²) in [6, 6.07) is 22.5.